The molecular weight excluding hydrogens is 158 g/mol. The molecule has 0 spiro atoms. The van der Waals surface area contributed by atoms with Crippen molar-refractivity contribution in [2.45, 2.75) is 52.4 Å². The Hall–Kier alpha value is -0.0400. The van der Waals surface area contributed by atoms with Crippen LogP contribution in [0, 0.1) is 5.92 Å². The van der Waals surface area contributed by atoms with Crippen molar-refractivity contribution in [3.8, 4) is 0 Å². The predicted molar refractivity (Wildman–Crippen MR) is 59.0 cm³/mol. The molecule has 0 N–H and O–H groups in total. The summed E-state index contributed by atoms with van der Waals surface area (Å²) in [5.41, 5.74) is 0. The van der Waals surface area contributed by atoms with Crippen molar-refractivity contribution in [3.05, 3.63) is 0 Å². The van der Waals surface area contributed by atoms with Crippen molar-refractivity contribution in [1.82, 2.24) is 4.90 Å². The van der Waals surface area contributed by atoms with Crippen LogP contribution >= 0.6 is 0 Å². The lowest BCUT2D eigenvalue weighted by molar-refractivity contribution is 0.207. The van der Waals surface area contributed by atoms with Crippen molar-refractivity contribution in [1.29, 1.82) is 0 Å². The number of rotatable bonds is 3. The lowest BCUT2D eigenvalue weighted by atomic mass is 10.00. The fourth-order valence-corrected chi connectivity index (χ4v) is 2.21. The normalized spacial score (nSPS) is 26.8. The number of hydrogen-bond donors (Lipinski definition) is 0. The first-order valence-corrected chi connectivity index (χ1v) is 6.05. The first-order chi connectivity index (χ1) is 6.33. The molecule has 0 aromatic rings. The van der Waals surface area contributed by atoms with Gasteiger partial charge in [-0.25, -0.2) is 0 Å². The Morgan fingerprint density at radius 1 is 1.23 bits per heavy atom. The molecule has 1 aliphatic heterocycles. The molecule has 1 heterocycles. The average molecular weight is 183 g/mol. The quantitative estimate of drug-likeness (QED) is 0.649. The summed E-state index contributed by atoms with van der Waals surface area (Å²) in [5.74, 6) is 0.928. The molecule has 0 saturated carbocycles. The number of hydrogen-bond acceptors (Lipinski definition) is 1. The minimum atomic E-state index is 0.928. The van der Waals surface area contributed by atoms with Crippen LogP contribution < -0.4 is 0 Å². The first-order valence-electron chi connectivity index (χ1n) is 6.05. The maximum Gasteiger partial charge on any atom is 0.000702 e. The van der Waals surface area contributed by atoms with Crippen LogP contribution in [0.15, 0.2) is 0 Å². The zero-order valence-corrected chi connectivity index (χ0v) is 9.39. The smallest absolute Gasteiger partial charge is 0.000702 e. The van der Waals surface area contributed by atoms with Gasteiger partial charge in [0.15, 0.2) is 0 Å². The summed E-state index contributed by atoms with van der Waals surface area (Å²) in [5, 5.41) is 0. The molecule has 0 aliphatic carbocycles. The van der Waals surface area contributed by atoms with Crippen LogP contribution in [0.2, 0.25) is 0 Å². The van der Waals surface area contributed by atoms with Gasteiger partial charge in [-0.05, 0) is 38.3 Å². The maximum atomic E-state index is 2.67. The number of nitrogens with zero attached hydrogens (tertiary/aromatic N) is 1. The SMILES string of the molecule is CCCCN1CCCCC[C@H](C)C1. The van der Waals surface area contributed by atoms with E-state index in [2.05, 4.69) is 18.7 Å². The fourth-order valence-electron chi connectivity index (χ4n) is 2.21. The molecule has 1 heteroatoms. The van der Waals surface area contributed by atoms with E-state index in [9.17, 15) is 0 Å². The topological polar surface area (TPSA) is 3.24 Å². The van der Waals surface area contributed by atoms with Gasteiger partial charge >= 0.3 is 0 Å². The van der Waals surface area contributed by atoms with Crippen LogP contribution in [0.1, 0.15) is 52.4 Å². The molecule has 0 unspecified atom stereocenters. The Morgan fingerprint density at radius 2 is 2.08 bits per heavy atom. The summed E-state index contributed by atoms with van der Waals surface area (Å²) in [6.45, 7) is 8.73. The van der Waals surface area contributed by atoms with Gasteiger partial charge in [-0.3, -0.25) is 0 Å². The number of unbranched alkanes of at least 4 members (excludes halogenated alkanes) is 1. The van der Waals surface area contributed by atoms with Crippen molar-refractivity contribution in [2.24, 2.45) is 5.92 Å². The second kappa shape index (κ2) is 6.42. The van der Waals surface area contributed by atoms with E-state index in [0.717, 1.165) is 5.92 Å². The van der Waals surface area contributed by atoms with Crippen molar-refractivity contribution < 1.29 is 0 Å². The number of likely N-dealkylation sites (tertiary alicyclic amines) is 1. The molecule has 13 heavy (non-hydrogen) atoms. The average Bonchev–Trinajstić information content (AvgIpc) is 2.09. The van der Waals surface area contributed by atoms with Crippen molar-refractivity contribution in [3.63, 3.8) is 0 Å². The van der Waals surface area contributed by atoms with Crippen LogP contribution in [0.4, 0.5) is 0 Å². The van der Waals surface area contributed by atoms with E-state index in [0.29, 0.717) is 0 Å². The Morgan fingerprint density at radius 3 is 2.85 bits per heavy atom. The predicted octanol–water partition coefficient (Wildman–Crippen LogP) is 3.30. The third-order valence-corrected chi connectivity index (χ3v) is 3.07. The van der Waals surface area contributed by atoms with Gasteiger partial charge in [-0.1, -0.05) is 33.1 Å². The van der Waals surface area contributed by atoms with E-state index in [1.54, 1.807) is 0 Å². The summed E-state index contributed by atoms with van der Waals surface area (Å²) < 4.78 is 0. The van der Waals surface area contributed by atoms with Gasteiger partial charge in [0.25, 0.3) is 0 Å². The molecule has 1 aliphatic rings. The molecule has 0 radical (unpaired) electrons. The third kappa shape index (κ3) is 4.66. The van der Waals surface area contributed by atoms with E-state index < -0.39 is 0 Å². The van der Waals surface area contributed by atoms with Gasteiger partial charge in [-0.15, -0.1) is 0 Å². The van der Waals surface area contributed by atoms with Gasteiger partial charge < -0.3 is 4.90 Å². The first kappa shape index (κ1) is 11.0. The zero-order chi connectivity index (χ0) is 9.52. The molecule has 1 rings (SSSR count). The van der Waals surface area contributed by atoms with Crippen LogP contribution in [0.5, 0.6) is 0 Å². The fraction of sp³-hybridized carbons (Fsp3) is 1.00. The van der Waals surface area contributed by atoms with Crippen molar-refractivity contribution >= 4 is 0 Å². The molecule has 0 aromatic heterocycles. The molecule has 1 saturated heterocycles. The van der Waals surface area contributed by atoms with Crippen molar-refractivity contribution in [2.75, 3.05) is 19.6 Å². The van der Waals surface area contributed by atoms with E-state index in [4.69, 9.17) is 0 Å². The van der Waals surface area contributed by atoms with E-state index in [1.165, 1.54) is 58.2 Å². The monoisotopic (exact) mass is 183 g/mol. The van der Waals surface area contributed by atoms with Crippen LogP contribution in [-0.2, 0) is 0 Å². The second-order valence-electron chi connectivity index (χ2n) is 4.61. The molecule has 0 aromatic carbocycles. The van der Waals surface area contributed by atoms with Gasteiger partial charge in [0.05, 0.1) is 0 Å². The Balaban J connectivity index is 2.23. The van der Waals surface area contributed by atoms with E-state index in [1.807, 2.05) is 0 Å². The summed E-state index contributed by atoms with van der Waals surface area (Å²) >= 11 is 0. The summed E-state index contributed by atoms with van der Waals surface area (Å²) in [7, 11) is 0. The van der Waals surface area contributed by atoms with Crippen LogP contribution in [0.3, 0.4) is 0 Å². The summed E-state index contributed by atoms with van der Waals surface area (Å²) in [6.07, 6.45) is 8.51. The highest BCUT2D eigenvalue weighted by molar-refractivity contribution is 4.66. The minimum absolute atomic E-state index is 0.928. The molecule has 1 nitrogen and oxygen atoms in total. The Bertz CT molecular complexity index is 120. The summed E-state index contributed by atoms with van der Waals surface area (Å²) in [4.78, 5) is 2.67. The van der Waals surface area contributed by atoms with Gasteiger partial charge in [0.1, 0.15) is 0 Å². The molecule has 1 fully saturated rings. The highest BCUT2D eigenvalue weighted by Crippen LogP contribution is 2.15. The third-order valence-electron chi connectivity index (χ3n) is 3.07. The lowest BCUT2D eigenvalue weighted by Crippen LogP contribution is -2.31. The molecule has 0 amide bonds. The minimum Gasteiger partial charge on any atom is -0.303 e. The second-order valence-corrected chi connectivity index (χ2v) is 4.61. The molecule has 0 bridgehead atoms. The highest BCUT2D eigenvalue weighted by atomic mass is 15.1. The molecular formula is C12H25N. The lowest BCUT2D eigenvalue weighted by Gasteiger charge is -2.27. The zero-order valence-electron chi connectivity index (χ0n) is 9.39. The van der Waals surface area contributed by atoms with Gasteiger partial charge in [-0.2, -0.15) is 0 Å². The van der Waals surface area contributed by atoms with Crippen LogP contribution in [-0.4, -0.2) is 24.5 Å². The van der Waals surface area contributed by atoms with Crippen LogP contribution in [0.25, 0.3) is 0 Å². The highest BCUT2D eigenvalue weighted by Gasteiger charge is 2.12. The standard InChI is InChI=1S/C12H25N/c1-3-4-9-13-10-7-5-6-8-12(2)11-13/h12H,3-11H2,1-2H3/t12-/m0/s1. The van der Waals surface area contributed by atoms with E-state index in [-0.39, 0.29) is 0 Å². The Kier molecular flexibility index (Phi) is 5.45. The maximum absolute atomic E-state index is 2.67. The largest absolute Gasteiger partial charge is 0.303 e. The van der Waals surface area contributed by atoms with E-state index >= 15 is 0 Å². The molecule has 1 atom stereocenters. The van der Waals surface area contributed by atoms with Gasteiger partial charge in [0.2, 0.25) is 0 Å². The summed E-state index contributed by atoms with van der Waals surface area (Å²) in [6, 6.07) is 0. The molecule has 78 valence electrons. The van der Waals surface area contributed by atoms with Gasteiger partial charge in [0, 0.05) is 6.54 Å². The Labute approximate surface area is 83.5 Å².